The Morgan fingerprint density at radius 3 is 2.90 bits per heavy atom. The maximum atomic E-state index is 4.45. The SMILES string of the molecule is C[C@@H](NC1CCNCc2ccccc21)c1ccccn1. The Morgan fingerprint density at radius 1 is 1.20 bits per heavy atom. The highest BCUT2D eigenvalue weighted by molar-refractivity contribution is 5.31. The lowest BCUT2D eigenvalue weighted by Gasteiger charge is -2.23. The molecule has 0 amide bonds. The molecule has 0 saturated heterocycles. The van der Waals surface area contributed by atoms with Crippen LogP contribution in [0, 0.1) is 0 Å². The van der Waals surface area contributed by atoms with E-state index in [0.717, 1.165) is 25.2 Å². The van der Waals surface area contributed by atoms with Crippen molar-refractivity contribution in [1.82, 2.24) is 15.6 Å². The van der Waals surface area contributed by atoms with Crippen LogP contribution in [0.5, 0.6) is 0 Å². The number of pyridine rings is 1. The van der Waals surface area contributed by atoms with Crippen molar-refractivity contribution in [1.29, 1.82) is 0 Å². The number of rotatable bonds is 3. The Labute approximate surface area is 120 Å². The van der Waals surface area contributed by atoms with Crippen molar-refractivity contribution < 1.29 is 0 Å². The molecule has 2 atom stereocenters. The third kappa shape index (κ3) is 2.89. The van der Waals surface area contributed by atoms with E-state index in [9.17, 15) is 0 Å². The monoisotopic (exact) mass is 267 g/mol. The van der Waals surface area contributed by atoms with E-state index < -0.39 is 0 Å². The molecular formula is C17H21N3. The summed E-state index contributed by atoms with van der Waals surface area (Å²) < 4.78 is 0. The number of benzene rings is 1. The summed E-state index contributed by atoms with van der Waals surface area (Å²) in [4.78, 5) is 4.45. The van der Waals surface area contributed by atoms with Gasteiger partial charge in [-0.2, -0.15) is 0 Å². The Balaban J connectivity index is 1.80. The summed E-state index contributed by atoms with van der Waals surface area (Å²) in [5.41, 5.74) is 3.91. The van der Waals surface area contributed by atoms with Gasteiger partial charge in [0.05, 0.1) is 5.69 Å². The summed E-state index contributed by atoms with van der Waals surface area (Å²) in [5.74, 6) is 0. The van der Waals surface area contributed by atoms with E-state index >= 15 is 0 Å². The van der Waals surface area contributed by atoms with Crippen LogP contribution in [0.2, 0.25) is 0 Å². The van der Waals surface area contributed by atoms with Crippen LogP contribution in [-0.4, -0.2) is 11.5 Å². The van der Waals surface area contributed by atoms with Gasteiger partial charge in [-0.1, -0.05) is 30.3 Å². The second-order valence-corrected chi connectivity index (χ2v) is 5.36. The van der Waals surface area contributed by atoms with Gasteiger partial charge in [-0.25, -0.2) is 0 Å². The van der Waals surface area contributed by atoms with Gasteiger partial charge in [-0.3, -0.25) is 4.98 Å². The van der Waals surface area contributed by atoms with E-state index in [2.05, 4.69) is 52.9 Å². The molecule has 2 aromatic rings. The standard InChI is InChI=1S/C17H21N3/c1-13(16-8-4-5-10-19-16)20-17-9-11-18-12-14-6-2-3-7-15(14)17/h2-8,10,13,17-18,20H,9,11-12H2,1H3/t13-,17?/m1/s1. The van der Waals surface area contributed by atoms with Crippen LogP contribution in [0.4, 0.5) is 0 Å². The Kier molecular flexibility index (Phi) is 4.09. The molecule has 20 heavy (non-hydrogen) atoms. The topological polar surface area (TPSA) is 37.0 Å². The first-order chi connectivity index (χ1) is 9.84. The van der Waals surface area contributed by atoms with Crippen LogP contribution in [0.3, 0.4) is 0 Å². The molecule has 2 N–H and O–H groups in total. The molecule has 3 rings (SSSR count). The normalized spacial score (nSPS) is 19.9. The Morgan fingerprint density at radius 2 is 2.05 bits per heavy atom. The minimum Gasteiger partial charge on any atom is -0.313 e. The van der Waals surface area contributed by atoms with Gasteiger partial charge in [0.25, 0.3) is 0 Å². The van der Waals surface area contributed by atoms with E-state index in [1.807, 2.05) is 18.3 Å². The minimum atomic E-state index is 0.257. The number of nitrogens with zero attached hydrogens (tertiary/aromatic N) is 1. The second-order valence-electron chi connectivity index (χ2n) is 5.36. The highest BCUT2D eigenvalue weighted by Crippen LogP contribution is 2.26. The van der Waals surface area contributed by atoms with Crippen molar-refractivity contribution in [2.45, 2.75) is 32.0 Å². The summed E-state index contributed by atoms with van der Waals surface area (Å²) in [6.07, 6.45) is 2.96. The van der Waals surface area contributed by atoms with Gasteiger partial charge >= 0.3 is 0 Å². The molecule has 1 aliphatic rings. The Hall–Kier alpha value is -1.71. The fourth-order valence-electron chi connectivity index (χ4n) is 2.85. The molecule has 1 aromatic heterocycles. The van der Waals surface area contributed by atoms with Gasteiger partial charge in [0.2, 0.25) is 0 Å². The van der Waals surface area contributed by atoms with Gasteiger partial charge in [-0.15, -0.1) is 0 Å². The maximum absolute atomic E-state index is 4.45. The largest absolute Gasteiger partial charge is 0.313 e. The molecule has 2 heterocycles. The van der Waals surface area contributed by atoms with Gasteiger partial charge in [0.15, 0.2) is 0 Å². The van der Waals surface area contributed by atoms with E-state index in [1.165, 1.54) is 11.1 Å². The van der Waals surface area contributed by atoms with Crippen LogP contribution in [0.1, 0.15) is 42.2 Å². The molecule has 3 nitrogen and oxygen atoms in total. The zero-order valence-electron chi connectivity index (χ0n) is 11.8. The third-order valence-electron chi connectivity index (χ3n) is 3.94. The zero-order valence-corrected chi connectivity index (χ0v) is 11.8. The minimum absolute atomic E-state index is 0.257. The number of aromatic nitrogens is 1. The lowest BCUT2D eigenvalue weighted by atomic mass is 9.98. The lowest BCUT2D eigenvalue weighted by Crippen LogP contribution is -2.26. The molecule has 0 radical (unpaired) electrons. The van der Waals surface area contributed by atoms with Crippen LogP contribution in [0.15, 0.2) is 48.7 Å². The summed E-state index contributed by atoms with van der Waals surface area (Å²) in [6.45, 7) is 4.19. The number of nitrogens with one attached hydrogen (secondary N) is 2. The zero-order chi connectivity index (χ0) is 13.8. The molecule has 104 valence electrons. The highest BCUT2D eigenvalue weighted by atomic mass is 15.0. The summed E-state index contributed by atoms with van der Waals surface area (Å²) in [6, 6.07) is 15.4. The first-order valence-electron chi connectivity index (χ1n) is 7.30. The van der Waals surface area contributed by atoms with Gasteiger partial charge in [-0.05, 0) is 43.1 Å². The summed E-state index contributed by atoms with van der Waals surface area (Å²) >= 11 is 0. The van der Waals surface area contributed by atoms with Crippen molar-refractivity contribution in [3.05, 3.63) is 65.5 Å². The summed E-state index contributed by atoms with van der Waals surface area (Å²) in [7, 11) is 0. The first kappa shape index (κ1) is 13.3. The molecule has 3 heteroatoms. The number of hydrogen-bond donors (Lipinski definition) is 2. The van der Waals surface area contributed by atoms with E-state index in [4.69, 9.17) is 0 Å². The van der Waals surface area contributed by atoms with Gasteiger partial charge < -0.3 is 10.6 Å². The molecular weight excluding hydrogens is 246 g/mol. The van der Waals surface area contributed by atoms with Crippen LogP contribution in [0.25, 0.3) is 0 Å². The van der Waals surface area contributed by atoms with Crippen molar-refractivity contribution >= 4 is 0 Å². The van der Waals surface area contributed by atoms with Gasteiger partial charge in [0.1, 0.15) is 0 Å². The molecule has 0 saturated carbocycles. The number of hydrogen-bond acceptors (Lipinski definition) is 3. The first-order valence-corrected chi connectivity index (χ1v) is 7.30. The second kappa shape index (κ2) is 6.16. The van der Waals surface area contributed by atoms with E-state index in [0.29, 0.717) is 6.04 Å². The molecule has 0 spiro atoms. The predicted molar refractivity (Wildman–Crippen MR) is 81.3 cm³/mol. The van der Waals surface area contributed by atoms with Crippen molar-refractivity contribution in [3.8, 4) is 0 Å². The molecule has 1 aromatic carbocycles. The summed E-state index contributed by atoms with van der Waals surface area (Å²) in [5, 5.41) is 7.22. The molecule has 0 fully saturated rings. The molecule has 0 aliphatic carbocycles. The van der Waals surface area contributed by atoms with Crippen molar-refractivity contribution in [3.63, 3.8) is 0 Å². The van der Waals surface area contributed by atoms with E-state index in [1.54, 1.807) is 0 Å². The lowest BCUT2D eigenvalue weighted by molar-refractivity contribution is 0.437. The molecule has 1 unspecified atom stereocenters. The average Bonchev–Trinajstić information content (AvgIpc) is 2.71. The Bertz CT molecular complexity index is 553. The van der Waals surface area contributed by atoms with Gasteiger partial charge in [0, 0.05) is 24.8 Å². The maximum Gasteiger partial charge on any atom is 0.0570 e. The van der Waals surface area contributed by atoms with Crippen molar-refractivity contribution in [2.75, 3.05) is 6.54 Å². The average molecular weight is 267 g/mol. The highest BCUT2D eigenvalue weighted by Gasteiger charge is 2.20. The fourth-order valence-corrected chi connectivity index (χ4v) is 2.85. The van der Waals surface area contributed by atoms with Crippen LogP contribution >= 0.6 is 0 Å². The smallest absolute Gasteiger partial charge is 0.0570 e. The van der Waals surface area contributed by atoms with Crippen LogP contribution < -0.4 is 10.6 Å². The molecule has 0 bridgehead atoms. The quantitative estimate of drug-likeness (QED) is 0.897. The van der Waals surface area contributed by atoms with Crippen LogP contribution in [-0.2, 0) is 6.54 Å². The fraction of sp³-hybridized carbons (Fsp3) is 0.353. The van der Waals surface area contributed by atoms with E-state index in [-0.39, 0.29) is 6.04 Å². The number of fused-ring (bicyclic) bond motifs is 1. The third-order valence-corrected chi connectivity index (χ3v) is 3.94. The predicted octanol–water partition coefficient (Wildman–Crippen LogP) is 2.97. The molecule has 1 aliphatic heterocycles. The van der Waals surface area contributed by atoms with Crippen molar-refractivity contribution in [2.24, 2.45) is 0 Å².